The van der Waals surface area contributed by atoms with Crippen molar-refractivity contribution >= 4 is 22.6 Å². The molecule has 0 atom stereocenters. The highest BCUT2D eigenvalue weighted by Gasteiger charge is 2.32. The van der Waals surface area contributed by atoms with Gasteiger partial charge >= 0.3 is 12.7 Å². The van der Waals surface area contributed by atoms with Crippen LogP contribution in [0.5, 0.6) is 11.5 Å². The topological polar surface area (TPSA) is 31.4 Å². The van der Waals surface area contributed by atoms with Crippen molar-refractivity contribution in [2.24, 2.45) is 0 Å². The van der Waals surface area contributed by atoms with Gasteiger partial charge in [0.25, 0.3) is 0 Å². The number of hydrogen-bond donors (Lipinski definition) is 0. The van der Waals surface area contributed by atoms with Gasteiger partial charge in [-0.1, -0.05) is 24.3 Å². The summed E-state index contributed by atoms with van der Waals surface area (Å²) in [7, 11) is 0. The van der Waals surface area contributed by atoms with Crippen LogP contribution in [-0.2, 0) is 0 Å². The van der Waals surface area contributed by atoms with Crippen LogP contribution in [0, 0.1) is 3.70 Å². The Morgan fingerprint density at radius 3 is 1.76 bits per heavy atom. The van der Waals surface area contributed by atoms with Gasteiger partial charge in [-0.2, -0.15) is 0 Å². The second-order valence-corrected chi connectivity index (χ2v) is 6.74. The summed E-state index contributed by atoms with van der Waals surface area (Å²) < 4.78 is 83.1. The van der Waals surface area contributed by atoms with E-state index in [1.807, 2.05) is 22.6 Å². The van der Waals surface area contributed by atoms with E-state index >= 15 is 0 Å². The van der Waals surface area contributed by atoms with E-state index in [9.17, 15) is 26.3 Å². The van der Waals surface area contributed by atoms with Crippen LogP contribution in [0.15, 0.2) is 60.8 Å². The quantitative estimate of drug-likeness (QED) is 0.213. The van der Waals surface area contributed by atoms with E-state index in [4.69, 9.17) is 0 Å². The van der Waals surface area contributed by atoms with Gasteiger partial charge in [-0.05, 0) is 64.0 Å². The molecule has 1 aromatic heterocycles. The molecule has 0 radical (unpaired) electrons. The molecule has 2 aromatic carbocycles. The van der Waals surface area contributed by atoms with Crippen LogP contribution in [0.2, 0.25) is 0 Å². The highest BCUT2D eigenvalue weighted by molar-refractivity contribution is 14.1. The Kier molecular flexibility index (Phi) is 5.92. The second kappa shape index (κ2) is 8.09. The molecule has 0 fully saturated rings. The summed E-state index contributed by atoms with van der Waals surface area (Å²) in [5.74, 6) is -0.785. The van der Waals surface area contributed by atoms with E-state index in [-0.39, 0.29) is 0 Å². The zero-order valence-electron chi connectivity index (χ0n) is 14.2. The number of nitrogens with zero attached hydrogens (tertiary/aromatic N) is 1. The number of ether oxygens (including phenoxy) is 2. The lowest BCUT2D eigenvalue weighted by molar-refractivity contribution is -0.275. The molecule has 0 aliphatic heterocycles. The zero-order valence-corrected chi connectivity index (χ0v) is 16.3. The van der Waals surface area contributed by atoms with Gasteiger partial charge in [0.15, 0.2) is 0 Å². The van der Waals surface area contributed by atoms with Gasteiger partial charge in [-0.15, -0.1) is 26.3 Å². The van der Waals surface area contributed by atoms with Gasteiger partial charge in [0.2, 0.25) is 0 Å². The summed E-state index contributed by atoms with van der Waals surface area (Å²) in [6, 6.07) is 12.3. The lowest BCUT2D eigenvalue weighted by Gasteiger charge is -2.12. The Hall–Kier alpha value is -2.50. The fraction of sp³-hybridized carbons (Fsp3) is 0.105. The van der Waals surface area contributed by atoms with E-state index in [1.54, 1.807) is 18.2 Å². The van der Waals surface area contributed by atoms with Gasteiger partial charge < -0.3 is 9.47 Å². The van der Waals surface area contributed by atoms with Crippen molar-refractivity contribution in [2.45, 2.75) is 12.7 Å². The maximum atomic E-state index is 12.5. The Morgan fingerprint density at radius 2 is 1.21 bits per heavy atom. The van der Waals surface area contributed by atoms with E-state index in [2.05, 4.69) is 14.5 Å². The van der Waals surface area contributed by atoms with Crippen LogP contribution in [0.1, 0.15) is 0 Å². The number of aromatic nitrogens is 1. The van der Waals surface area contributed by atoms with Crippen LogP contribution in [-0.4, -0.2) is 17.7 Å². The Labute approximate surface area is 174 Å². The predicted molar refractivity (Wildman–Crippen MR) is 101 cm³/mol. The van der Waals surface area contributed by atoms with Crippen molar-refractivity contribution in [1.82, 2.24) is 4.98 Å². The van der Waals surface area contributed by atoms with Crippen molar-refractivity contribution in [2.75, 3.05) is 0 Å². The summed E-state index contributed by atoms with van der Waals surface area (Å²) >= 11 is 1.92. The highest BCUT2D eigenvalue weighted by atomic mass is 127. The minimum Gasteiger partial charge on any atom is -0.406 e. The average molecular weight is 525 g/mol. The molecule has 0 aliphatic rings. The molecule has 0 aliphatic carbocycles. The van der Waals surface area contributed by atoms with Gasteiger partial charge in [0.1, 0.15) is 15.2 Å². The molecule has 0 amide bonds. The fourth-order valence-electron chi connectivity index (χ4n) is 2.54. The average Bonchev–Trinajstić information content (AvgIpc) is 2.59. The third-order valence-electron chi connectivity index (χ3n) is 3.62. The van der Waals surface area contributed by atoms with E-state index < -0.39 is 24.2 Å². The SMILES string of the molecule is FC(F)(F)Oc1cccc(-c2cnc(I)c(-c3cccc(OC(F)(F)F)c3)c2)c1. The minimum atomic E-state index is -4.83. The first-order valence-corrected chi connectivity index (χ1v) is 8.96. The fourth-order valence-corrected chi connectivity index (χ4v) is 3.15. The summed E-state index contributed by atoms with van der Waals surface area (Å²) in [6.07, 6.45) is -8.20. The van der Waals surface area contributed by atoms with Gasteiger partial charge in [-0.25, -0.2) is 4.98 Å². The highest BCUT2D eigenvalue weighted by Crippen LogP contribution is 2.34. The van der Waals surface area contributed by atoms with Crippen LogP contribution in [0.25, 0.3) is 22.3 Å². The van der Waals surface area contributed by atoms with Gasteiger partial charge in [0, 0.05) is 17.3 Å². The molecular formula is C19H10F6INO2. The van der Waals surface area contributed by atoms with E-state index in [0.717, 1.165) is 6.07 Å². The van der Waals surface area contributed by atoms with Crippen LogP contribution < -0.4 is 9.47 Å². The first-order valence-electron chi connectivity index (χ1n) is 7.88. The standard InChI is InChI=1S/C19H10F6INO2/c20-18(21,22)28-14-5-1-3-11(7-14)13-9-16(17(26)27-10-13)12-4-2-6-15(8-12)29-19(23,24)25/h1-10H. The summed E-state index contributed by atoms with van der Waals surface area (Å²) in [5.41, 5.74) is 1.78. The number of halogens is 7. The number of pyridine rings is 1. The molecule has 0 N–H and O–H groups in total. The molecule has 29 heavy (non-hydrogen) atoms. The largest absolute Gasteiger partial charge is 0.573 e. The molecule has 152 valence electrons. The van der Waals surface area contributed by atoms with Crippen molar-refractivity contribution in [3.05, 3.63) is 64.5 Å². The van der Waals surface area contributed by atoms with E-state index in [1.165, 1.54) is 36.5 Å². The normalized spacial score (nSPS) is 12.0. The summed E-state index contributed by atoms with van der Waals surface area (Å²) in [4.78, 5) is 4.20. The van der Waals surface area contributed by atoms with Crippen molar-refractivity contribution in [1.29, 1.82) is 0 Å². The Morgan fingerprint density at radius 1 is 0.690 bits per heavy atom. The summed E-state index contributed by atoms with van der Waals surface area (Å²) in [6.45, 7) is 0. The van der Waals surface area contributed by atoms with Gasteiger partial charge in [0.05, 0.1) is 0 Å². The first kappa shape index (κ1) is 21.2. The van der Waals surface area contributed by atoms with Crippen molar-refractivity contribution in [3.8, 4) is 33.8 Å². The molecule has 0 saturated carbocycles. The molecule has 0 bridgehead atoms. The predicted octanol–water partition coefficient (Wildman–Crippen LogP) is 6.82. The number of hydrogen-bond acceptors (Lipinski definition) is 3. The van der Waals surface area contributed by atoms with Crippen molar-refractivity contribution < 1.29 is 35.8 Å². The van der Waals surface area contributed by atoms with Gasteiger partial charge in [-0.3, -0.25) is 0 Å². The van der Waals surface area contributed by atoms with Crippen molar-refractivity contribution in [3.63, 3.8) is 0 Å². The molecule has 3 nitrogen and oxygen atoms in total. The Balaban J connectivity index is 1.98. The third kappa shape index (κ3) is 5.99. The van der Waals surface area contributed by atoms with E-state index in [0.29, 0.717) is 26.0 Å². The molecule has 1 heterocycles. The molecular weight excluding hydrogens is 515 g/mol. The number of alkyl halides is 6. The van der Waals surface area contributed by atoms with Crippen LogP contribution in [0.3, 0.4) is 0 Å². The van der Waals surface area contributed by atoms with Crippen LogP contribution >= 0.6 is 22.6 Å². The second-order valence-electron chi connectivity index (χ2n) is 5.71. The molecule has 3 rings (SSSR count). The maximum absolute atomic E-state index is 12.5. The molecule has 0 saturated heterocycles. The lowest BCUT2D eigenvalue weighted by Crippen LogP contribution is -2.17. The monoisotopic (exact) mass is 525 g/mol. The minimum absolute atomic E-state index is 0.392. The number of rotatable bonds is 4. The molecule has 0 spiro atoms. The maximum Gasteiger partial charge on any atom is 0.573 e. The smallest absolute Gasteiger partial charge is 0.406 e. The number of benzene rings is 2. The Bertz CT molecular complexity index is 1020. The first-order chi connectivity index (χ1) is 13.5. The third-order valence-corrected chi connectivity index (χ3v) is 4.48. The molecule has 3 aromatic rings. The molecule has 0 unspecified atom stereocenters. The lowest BCUT2D eigenvalue weighted by atomic mass is 10.0. The molecule has 10 heteroatoms. The van der Waals surface area contributed by atoms with Crippen LogP contribution in [0.4, 0.5) is 26.3 Å². The summed E-state index contributed by atoms with van der Waals surface area (Å²) in [5, 5.41) is 0. The zero-order chi connectivity index (χ0) is 21.2.